The Labute approximate surface area is 231 Å². The Morgan fingerprint density at radius 1 is 0.974 bits per heavy atom. The molecule has 2 aromatic carbocycles. The van der Waals surface area contributed by atoms with E-state index < -0.39 is 5.25 Å². The summed E-state index contributed by atoms with van der Waals surface area (Å²) >= 11 is 6.85. The summed E-state index contributed by atoms with van der Waals surface area (Å²) in [6.07, 6.45) is 6.57. The van der Waals surface area contributed by atoms with E-state index in [0.29, 0.717) is 38.4 Å². The van der Waals surface area contributed by atoms with E-state index in [1.807, 2.05) is 0 Å². The van der Waals surface area contributed by atoms with Gasteiger partial charge in [-0.2, -0.15) is 0 Å². The van der Waals surface area contributed by atoms with Crippen molar-refractivity contribution in [3.05, 3.63) is 53.6 Å². The number of likely N-dealkylation sites (tertiary alicyclic amines) is 1. The van der Waals surface area contributed by atoms with Gasteiger partial charge in [-0.25, -0.2) is 4.90 Å². The summed E-state index contributed by atoms with van der Waals surface area (Å²) in [6.45, 7) is 1.79. The molecule has 4 rings (SSSR count). The Morgan fingerprint density at radius 3 is 2.18 bits per heavy atom. The van der Waals surface area contributed by atoms with Crippen molar-refractivity contribution in [2.45, 2.75) is 30.9 Å². The van der Waals surface area contributed by atoms with Gasteiger partial charge in [-0.3, -0.25) is 14.4 Å². The number of benzene rings is 2. The molecule has 0 aromatic heterocycles. The molecule has 2 aromatic rings. The second-order valence-corrected chi connectivity index (χ2v) is 10.7. The van der Waals surface area contributed by atoms with Crippen LogP contribution in [0.2, 0.25) is 0 Å². The summed E-state index contributed by atoms with van der Waals surface area (Å²) in [5.41, 5.74) is 1.56. The highest BCUT2D eigenvalue weighted by atomic mass is 32.2. The number of carbonyl (C=O) groups is 3. The second-order valence-electron chi connectivity index (χ2n) is 8.89. The fourth-order valence-corrected chi connectivity index (χ4v) is 6.02. The van der Waals surface area contributed by atoms with Crippen molar-refractivity contribution < 1.29 is 28.6 Å². The number of ether oxygens (including phenoxy) is 3. The Bertz CT molecular complexity index is 1230. The van der Waals surface area contributed by atoms with Crippen LogP contribution in [0.4, 0.5) is 5.69 Å². The van der Waals surface area contributed by atoms with Gasteiger partial charge in [-0.15, -0.1) is 0 Å². The Morgan fingerprint density at radius 2 is 1.61 bits per heavy atom. The summed E-state index contributed by atoms with van der Waals surface area (Å²) in [5, 5.41) is -0.528. The molecule has 2 saturated heterocycles. The molecule has 0 unspecified atom stereocenters. The van der Waals surface area contributed by atoms with E-state index in [0.717, 1.165) is 25.9 Å². The monoisotopic (exact) mass is 554 g/mol. The topological polar surface area (TPSA) is 85.4 Å². The number of ketones is 1. The minimum absolute atomic E-state index is 0.107. The number of allylic oxidation sites excluding steroid dienone is 1. The fraction of sp³-hybridized carbons (Fsp3) is 0.357. The van der Waals surface area contributed by atoms with Crippen LogP contribution in [0.1, 0.15) is 41.6 Å². The zero-order valence-electron chi connectivity index (χ0n) is 21.6. The number of anilines is 1. The molecule has 0 saturated carbocycles. The zero-order chi connectivity index (χ0) is 27.2. The molecule has 200 valence electrons. The average molecular weight is 555 g/mol. The van der Waals surface area contributed by atoms with E-state index in [-0.39, 0.29) is 24.0 Å². The van der Waals surface area contributed by atoms with Crippen molar-refractivity contribution in [3.8, 4) is 17.2 Å². The van der Waals surface area contributed by atoms with Gasteiger partial charge in [0.05, 0.1) is 27.0 Å². The van der Waals surface area contributed by atoms with Crippen LogP contribution in [-0.2, 0) is 9.59 Å². The first-order chi connectivity index (χ1) is 18.4. The SMILES string of the molecule is COc1cc(/C=C/C(=O)c2ccc(N3C(=O)C[C@H](SC(=S)N4CCCCC4)C3=O)cc2)cc(OC)c1OC. The molecule has 8 nitrogen and oxygen atoms in total. The number of hydrogen-bond acceptors (Lipinski definition) is 8. The van der Waals surface area contributed by atoms with Gasteiger partial charge in [-0.05, 0) is 67.3 Å². The first-order valence-electron chi connectivity index (χ1n) is 12.3. The molecule has 2 amide bonds. The molecular formula is C28H30N2O6S2. The van der Waals surface area contributed by atoms with Gasteiger partial charge in [0.15, 0.2) is 17.3 Å². The second kappa shape index (κ2) is 12.4. The van der Waals surface area contributed by atoms with E-state index in [9.17, 15) is 14.4 Å². The highest BCUT2D eigenvalue weighted by molar-refractivity contribution is 8.23. The molecular weight excluding hydrogens is 524 g/mol. The number of piperidine rings is 1. The molecule has 0 bridgehead atoms. The number of thioether (sulfide) groups is 1. The van der Waals surface area contributed by atoms with Crippen LogP contribution in [0, 0.1) is 0 Å². The maximum Gasteiger partial charge on any atom is 0.247 e. The first kappa shape index (κ1) is 27.7. The predicted molar refractivity (Wildman–Crippen MR) is 152 cm³/mol. The van der Waals surface area contributed by atoms with E-state index in [2.05, 4.69) is 4.90 Å². The quantitative estimate of drug-likeness (QED) is 0.199. The molecule has 0 N–H and O–H groups in total. The van der Waals surface area contributed by atoms with E-state index >= 15 is 0 Å². The fourth-order valence-electron chi connectivity index (χ4n) is 4.48. The molecule has 2 heterocycles. The van der Waals surface area contributed by atoms with Crippen molar-refractivity contribution in [2.24, 2.45) is 0 Å². The number of hydrogen-bond donors (Lipinski definition) is 0. The van der Waals surface area contributed by atoms with Gasteiger partial charge in [0.2, 0.25) is 17.6 Å². The standard InChI is InChI=1S/C28H30N2O6S2/c1-34-22-15-18(16-23(35-2)26(22)36-3)7-12-21(31)19-8-10-20(11-9-19)30-25(32)17-24(27(30)33)38-28(37)29-13-5-4-6-14-29/h7-12,15-16,24H,4-6,13-14,17H2,1-3H3/b12-7+/t24-/m0/s1. The van der Waals surface area contributed by atoms with Gasteiger partial charge in [0, 0.05) is 25.1 Å². The van der Waals surface area contributed by atoms with Crippen LogP contribution in [0.5, 0.6) is 17.2 Å². The Balaban J connectivity index is 1.42. The minimum Gasteiger partial charge on any atom is -0.493 e. The zero-order valence-corrected chi connectivity index (χ0v) is 23.2. The van der Waals surface area contributed by atoms with E-state index in [4.69, 9.17) is 26.4 Å². The van der Waals surface area contributed by atoms with E-state index in [1.54, 1.807) is 42.5 Å². The predicted octanol–water partition coefficient (Wildman–Crippen LogP) is 4.74. The summed E-state index contributed by atoms with van der Waals surface area (Å²) in [5.74, 6) is 0.655. The third-order valence-electron chi connectivity index (χ3n) is 6.49. The smallest absolute Gasteiger partial charge is 0.247 e. The van der Waals surface area contributed by atoms with Crippen LogP contribution >= 0.6 is 24.0 Å². The molecule has 2 aliphatic rings. The molecule has 0 spiro atoms. The van der Waals surface area contributed by atoms with Crippen molar-refractivity contribution in [1.82, 2.24) is 4.90 Å². The Kier molecular flexibility index (Phi) is 9.06. The lowest BCUT2D eigenvalue weighted by atomic mass is 10.1. The van der Waals surface area contributed by atoms with Gasteiger partial charge >= 0.3 is 0 Å². The summed E-state index contributed by atoms with van der Waals surface area (Å²) in [7, 11) is 4.57. The number of methoxy groups -OCH3 is 3. The first-order valence-corrected chi connectivity index (χ1v) is 13.6. The number of imide groups is 1. The minimum atomic E-state index is -0.528. The average Bonchev–Trinajstić information content (AvgIpc) is 3.23. The van der Waals surface area contributed by atoms with Crippen LogP contribution in [-0.4, -0.2) is 66.5 Å². The van der Waals surface area contributed by atoms with Gasteiger partial charge in [-0.1, -0.05) is 30.1 Å². The van der Waals surface area contributed by atoms with Crippen LogP contribution in [0.15, 0.2) is 42.5 Å². The Hall–Kier alpha value is -3.37. The largest absolute Gasteiger partial charge is 0.493 e. The van der Waals surface area contributed by atoms with Crippen LogP contribution in [0.25, 0.3) is 6.08 Å². The number of nitrogens with zero attached hydrogens (tertiary/aromatic N) is 2. The number of thiocarbonyl (C=S) groups is 1. The van der Waals surface area contributed by atoms with Crippen molar-refractivity contribution in [2.75, 3.05) is 39.3 Å². The van der Waals surface area contributed by atoms with Crippen molar-refractivity contribution in [1.29, 1.82) is 0 Å². The maximum absolute atomic E-state index is 13.1. The molecule has 38 heavy (non-hydrogen) atoms. The van der Waals surface area contributed by atoms with Crippen molar-refractivity contribution in [3.63, 3.8) is 0 Å². The molecule has 2 aliphatic heterocycles. The van der Waals surface area contributed by atoms with Gasteiger partial charge in [0.25, 0.3) is 0 Å². The third kappa shape index (κ3) is 6.02. The summed E-state index contributed by atoms with van der Waals surface area (Å²) in [4.78, 5) is 41.9. The van der Waals surface area contributed by atoms with E-state index in [1.165, 1.54) is 50.5 Å². The lowest BCUT2D eigenvalue weighted by Crippen LogP contribution is -2.35. The van der Waals surface area contributed by atoms with Crippen LogP contribution < -0.4 is 19.1 Å². The maximum atomic E-state index is 13.1. The molecule has 2 fully saturated rings. The highest BCUT2D eigenvalue weighted by Crippen LogP contribution is 2.38. The van der Waals surface area contributed by atoms with Crippen LogP contribution in [0.3, 0.4) is 0 Å². The van der Waals surface area contributed by atoms with Crippen molar-refractivity contribution >= 4 is 57.7 Å². The third-order valence-corrected chi connectivity index (χ3v) is 8.15. The number of carbonyl (C=O) groups excluding carboxylic acids is 3. The molecule has 0 radical (unpaired) electrons. The summed E-state index contributed by atoms with van der Waals surface area (Å²) in [6, 6.07) is 9.93. The highest BCUT2D eigenvalue weighted by Gasteiger charge is 2.41. The lowest BCUT2D eigenvalue weighted by Gasteiger charge is -2.29. The molecule has 10 heteroatoms. The molecule has 0 aliphatic carbocycles. The number of amides is 2. The summed E-state index contributed by atoms with van der Waals surface area (Å²) < 4.78 is 16.7. The van der Waals surface area contributed by atoms with Gasteiger partial charge < -0.3 is 19.1 Å². The van der Waals surface area contributed by atoms with Gasteiger partial charge in [0.1, 0.15) is 9.57 Å². The number of rotatable bonds is 8. The normalized spacial score (nSPS) is 17.7. The lowest BCUT2D eigenvalue weighted by molar-refractivity contribution is -0.121. The molecule has 1 atom stereocenters.